The van der Waals surface area contributed by atoms with E-state index in [1.807, 2.05) is 9.80 Å². The van der Waals surface area contributed by atoms with Gasteiger partial charge in [0.15, 0.2) is 11.6 Å². The van der Waals surface area contributed by atoms with Crippen LogP contribution in [-0.2, 0) is 33.4 Å². The van der Waals surface area contributed by atoms with E-state index in [4.69, 9.17) is 19.9 Å². The largest absolute Gasteiger partial charge is 0.444 e. The molecule has 82 heavy (non-hydrogen) atoms. The number of nitrogens with two attached hydrogens (primary N) is 1. The molecule has 4 saturated heterocycles. The highest BCUT2D eigenvalue weighted by atomic mass is 35.5. The molecule has 4 aliphatic heterocycles. The average molecular weight is 1160 g/mol. The van der Waals surface area contributed by atoms with Crippen LogP contribution in [0.2, 0.25) is 0 Å². The number of rotatable bonds is 17. The number of carbonyl (C=O) groups excluding carboxylic acids is 9. The molecule has 0 saturated carbocycles. The number of alkyl carbamates (subject to hydrolysis) is 1. The van der Waals surface area contributed by atoms with Crippen LogP contribution in [-0.4, -0.2) is 160 Å². The number of ether oxygens (including phenoxy) is 3. The van der Waals surface area contributed by atoms with E-state index < -0.39 is 47.7 Å². The van der Waals surface area contributed by atoms with Crippen molar-refractivity contribution in [2.45, 2.75) is 78.1 Å². The Morgan fingerprint density at radius 3 is 1.33 bits per heavy atom. The monoisotopic (exact) mass is 1160 g/mol. The van der Waals surface area contributed by atoms with Gasteiger partial charge in [0.25, 0.3) is 0 Å². The predicted octanol–water partition coefficient (Wildman–Crippen LogP) is 6.75. The van der Waals surface area contributed by atoms with Gasteiger partial charge in [-0.15, -0.1) is 12.4 Å². The van der Waals surface area contributed by atoms with Gasteiger partial charge < -0.3 is 55.5 Å². The molecule has 0 bridgehead atoms. The topological polar surface area (TPSA) is 263 Å². The molecular weight excluding hydrogens is 1090 g/mol. The van der Waals surface area contributed by atoms with Crippen LogP contribution in [0.3, 0.4) is 0 Å². The fraction of sp³-hybridized carbons (Fsp3) is 0.421. The molecule has 4 aromatic carbocycles. The molecule has 0 radical (unpaired) electrons. The number of ketones is 2. The maximum absolute atomic E-state index is 15.2. The summed E-state index contributed by atoms with van der Waals surface area (Å²) < 4.78 is 45.8. The third kappa shape index (κ3) is 17.3. The molecule has 8 rings (SSSR count). The number of cyclic esters (lactones) is 2. The molecule has 22 nitrogen and oxygen atoms in total. The molecule has 0 aromatic heterocycles. The summed E-state index contributed by atoms with van der Waals surface area (Å²) >= 11 is 0. The van der Waals surface area contributed by atoms with Gasteiger partial charge in [-0.3, -0.25) is 38.6 Å². The Morgan fingerprint density at radius 2 is 0.976 bits per heavy atom. The van der Waals surface area contributed by atoms with Gasteiger partial charge in [-0.05, 0) is 106 Å². The first-order chi connectivity index (χ1) is 38.5. The third-order valence-electron chi connectivity index (χ3n) is 13.5. The minimum Gasteiger partial charge on any atom is -0.444 e. The lowest BCUT2D eigenvalue weighted by Crippen LogP contribution is -2.49. The van der Waals surface area contributed by atoms with Gasteiger partial charge in [0.1, 0.15) is 29.4 Å². The van der Waals surface area contributed by atoms with Gasteiger partial charge in [-0.25, -0.2) is 23.2 Å². The van der Waals surface area contributed by atoms with E-state index >= 15 is 4.39 Å². The smallest absolute Gasteiger partial charge is 0.414 e. The molecule has 0 aliphatic carbocycles. The SMILES string of the molecule is CC(=O)Nc1ccc(C(=O)CCC(=O)N2CCN(c3ccc(N4C[C@H](CN)OC4=O)cc3F)CC2)cc1.CC(=O)Nc1ccc(C(=O)CCC(=O)N2CCN(c3ccc(N4C[C@H](CNC(=O)OC(C)(C)C)OC4=O)cc3F)CC2)cc1.Cl. The number of anilines is 6. The fourth-order valence-corrected chi connectivity index (χ4v) is 9.37. The van der Waals surface area contributed by atoms with Gasteiger partial charge >= 0.3 is 18.3 Å². The zero-order valence-corrected chi connectivity index (χ0v) is 47.2. The van der Waals surface area contributed by atoms with Crippen molar-refractivity contribution < 1.29 is 66.1 Å². The van der Waals surface area contributed by atoms with Gasteiger partial charge in [0.2, 0.25) is 23.6 Å². The van der Waals surface area contributed by atoms with Gasteiger partial charge in [-0.1, -0.05) is 0 Å². The highest BCUT2D eigenvalue weighted by molar-refractivity contribution is 6.00. The summed E-state index contributed by atoms with van der Waals surface area (Å²) in [6.07, 6.45) is -2.54. The van der Waals surface area contributed by atoms with Crippen LogP contribution in [0.15, 0.2) is 84.9 Å². The molecule has 0 spiro atoms. The van der Waals surface area contributed by atoms with Crippen LogP contribution in [0.5, 0.6) is 0 Å². The molecule has 2 atom stereocenters. The number of piperazine rings is 2. The second-order valence-corrected chi connectivity index (χ2v) is 20.7. The molecule has 440 valence electrons. The van der Waals surface area contributed by atoms with Crippen LogP contribution in [0.4, 0.5) is 57.3 Å². The quantitative estimate of drug-likeness (QED) is 0.0630. The number of hydrogen-bond donors (Lipinski definition) is 4. The highest BCUT2D eigenvalue weighted by Crippen LogP contribution is 2.31. The molecule has 25 heteroatoms. The zero-order chi connectivity index (χ0) is 58.5. The predicted molar refractivity (Wildman–Crippen MR) is 305 cm³/mol. The minimum absolute atomic E-state index is 0. The number of nitrogens with one attached hydrogen (secondary N) is 3. The van der Waals surface area contributed by atoms with E-state index in [0.717, 1.165) is 0 Å². The third-order valence-corrected chi connectivity index (χ3v) is 13.5. The average Bonchev–Trinajstić information content (AvgIpc) is 4.17. The van der Waals surface area contributed by atoms with Gasteiger partial charge in [-0.2, -0.15) is 0 Å². The van der Waals surface area contributed by atoms with E-state index in [1.54, 1.807) is 103 Å². The number of carbonyl (C=O) groups is 9. The lowest BCUT2D eigenvalue weighted by molar-refractivity contribution is -0.132. The normalized spacial score (nSPS) is 16.9. The van der Waals surface area contributed by atoms with E-state index in [2.05, 4.69) is 16.0 Å². The number of amides is 7. The zero-order valence-electron chi connectivity index (χ0n) is 46.4. The lowest BCUT2D eigenvalue weighted by Gasteiger charge is -2.36. The van der Waals surface area contributed by atoms with Crippen molar-refractivity contribution in [3.05, 3.63) is 108 Å². The lowest BCUT2D eigenvalue weighted by atomic mass is 10.1. The molecule has 7 amide bonds. The van der Waals surface area contributed by atoms with E-state index in [-0.39, 0.29) is 99.5 Å². The molecule has 0 unspecified atom stereocenters. The summed E-state index contributed by atoms with van der Waals surface area (Å²) in [6, 6.07) is 22.2. The summed E-state index contributed by atoms with van der Waals surface area (Å²) in [5, 5.41) is 7.85. The fourth-order valence-electron chi connectivity index (χ4n) is 9.37. The standard InChI is InChI=1S/C31H38FN5O7.C26H30FN5O5.ClH/c1-20(38)34-22-7-5-21(6-8-22)27(39)11-12-28(40)36-15-13-35(14-16-36)26-10-9-23(17-25(26)32)37-19-24(43-30(37)42)18-33-29(41)44-31(2,3)4;1-17(33)29-19-4-2-18(3-5-19)24(34)8-9-25(35)31-12-10-30(11-13-31)23-7-6-20(14-22(23)27)32-16-21(15-28)37-26(32)36;/h5-10,17,24H,11-16,18-19H2,1-4H3,(H,33,41)(H,34,38);2-7,14,21H,8-13,15-16,28H2,1H3,(H,29,33);1H/t24-;21-;/m00./s1. The Balaban J connectivity index is 0.000000264. The van der Waals surface area contributed by atoms with Crippen molar-refractivity contribution in [1.82, 2.24) is 15.1 Å². The van der Waals surface area contributed by atoms with E-state index in [9.17, 15) is 47.5 Å². The van der Waals surface area contributed by atoms with Crippen molar-refractivity contribution in [2.24, 2.45) is 5.73 Å². The van der Waals surface area contributed by atoms with E-state index in [1.165, 1.54) is 35.8 Å². The first-order valence-electron chi connectivity index (χ1n) is 26.6. The Hall–Kier alpha value is -8.38. The molecule has 4 fully saturated rings. The van der Waals surface area contributed by atoms with Crippen molar-refractivity contribution in [3.63, 3.8) is 0 Å². The second kappa shape index (κ2) is 28.4. The number of halogens is 3. The summed E-state index contributed by atoms with van der Waals surface area (Å²) in [7, 11) is 0. The molecular formula is C57H69ClF2N10O12. The summed E-state index contributed by atoms with van der Waals surface area (Å²) in [4.78, 5) is 119. The van der Waals surface area contributed by atoms with Crippen LogP contribution >= 0.6 is 12.4 Å². The molecule has 5 N–H and O–H groups in total. The Bertz CT molecular complexity index is 2990. The summed E-state index contributed by atoms with van der Waals surface area (Å²) in [5.41, 5.74) is 8.53. The minimum atomic E-state index is -0.657. The summed E-state index contributed by atoms with van der Waals surface area (Å²) in [6.45, 7) is 12.0. The van der Waals surface area contributed by atoms with Crippen molar-refractivity contribution in [1.29, 1.82) is 0 Å². The maximum atomic E-state index is 15.2. The van der Waals surface area contributed by atoms with E-state index in [0.29, 0.717) is 97.6 Å². The number of nitrogens with zero attached hydrogens (tertiary/aromatic N) is 6. The van der Waals surface area contributed by atoms with Crippen molar-refractivity contribution in [3.8, 4) is 0 Å². The molecule has 4 aliphatic rings. The second-order valence-electron chi connectivity index (χ2n) is 20.7. The number of hydrogen-bond acceptors (Lipinski definition) is 15. The van der Waals surface area contributed by atoms with Crippen molar-refractivity contribution in [2.75, 3.05) is 109 Å². The summed E-state index contributed by atoms with van der Waals surface area (Å²) in [5.74, 6) is -1.96. The Morgan fingerprint density at radius 1 is 0.585 bits per heavy atom. The van der Waals surface area contributed by atoms with Crippen LogP contribution in [0.25, 0.3) is 0 Å². The van der Waals surface area contributed by atoms with Crippen molar-refractivity contribution >= 4 is 100 Å². The number of benzene rings is 4. The molecule has 4 aromatic rings. The maximum Gasteiger partial charge on any atom is 0.414 e. The van der Waals surface area contributed by atoms with Crippen LogP contribution in [0, 0.1) is 11.6 Å². The van der Waals surface area contributed by atoms with Gasteiger partial charge in [0, 0.05) is 121 Å². The number of Topliss-reactive ketones (excluding diaryl/α,β-unsaturated/α-hetero) is 2. The first kappa shape index (κ1) is 62.8. The van der Waals surface area contributed by atoms with Crippen LogP contribution < -0.4 is 41.3 Å². The Kier molecular flexibility index (Phi) is 21.7. The van der Waals surface area contributed by atoms with Gasteiger partial charge in [0.05, 0.1) is 42.4 Å². The molecule has 4 heterocycles. The van der Waals surface area contributed by atoms with Crippen LogP contribution in [0.1, 0.15) is 81.0 Å². The Labute approximate surface area is 479 Å². The first-order valence-corrected chi connectivity index (χ1v) is 26.6. The highest BCUT2D eigenvalue weighted by Gasteiger charge is 2.35.